The second-order valence-corrected chi connectivity index (χ2v) is 5.96. The summed E-state index contributed by atoms with van der Waals surface area (Å²) < 4.78 is 2.04. The van der Waals surface area contributed by atoms with Crippen LogP contribution in [0.25, 0.3) is 4.96 Å². The maximum atomic E-state index is 4.62. The molecule has 0 aliphatic heterocycles. The number of aliphatic imine (C=N–C) groups is 1. The van der Waals surface area contributed by atoms with Gasteiger partial charge in [0.2, 0.25) is 0 Å². The van der Waals surface area contributed by atoms with Crippen LogP contribution in [0.5, 0.6) is 0 Å². The predicted molar refractivity (Wildman–Crippen MR) is 90.0 cm³/mol. The third-order valence-electron chi connectivity index (χ3n) is 3.60. The van der Waals surface area contributed by atoms with Crippen LogP contribution in [-0.4, -0.2) is 28.4 Å². The lowest BCUT2D eigenvalue weighted by Crippen LogP contribution is -2.39. The molecule has 2 aromatic rings. The van der Waals surface area contributed by atoms with Crippen LogP contribution in [0.2, 0.25) is 0 Å². The van der Waals surface area contributed by atoms with Crippen LogP contribution < -0.4 is 10.6 Å². The largest absolute Gasteiger partial charge is 0.357 e. The second-order valence-electron chi connectivity index (χ2n) is 5.08. The van der Waals surface area contributed by atoms with E-state index < -0.39 is 0 Å². The van der Waals surface area contributed by atoms with E-state index in [4.69, 9.17) is 0 Å². The van der Waals surface area contributed by atoms with Crippen LogP contribution in [0.1, 0.15) is 39.3 Å². The SMILES string of the molecule is CCNC(=NCc1cn2ccsc2n1)NCC(CC)CC. The number of aromatic nitrogens is 2. The molecule has 0 fully saturated rings. The van der Waals surface area contributed by atoms with E-state index in [9.17, 15) is 0 Å². The summed E-state index contributed by atoms with van der Waals surface area (Å²) in [6, 6.07) is 0. The van der Waals surface area contributed by atoms with Gasteiger partial charge in [-0.05, 0) is 12.8 Å². The second kappa shape index (κ2) is 8.02. The van der Waals surface area contributed by atoms with E-state index >= 15 is 0 Å². The van der Waals surface area contributed by atoms with Gasteiger partial charge in [-0.25, -0.2) is 9.98 Å². The van der Waals surface area contributed by atoms with Crippen LogP contribution in [0.15, 0.2) is 22.8 Å². The van der Waals surface area contributed by atoms with Gasteiger partial charge in [0.25, 0.3) is 0 Å². The molecular weight excluding hydrogens is 282 g/mol. The first-order chi connectivity index (χ1) is 10.3. The molecule has 21 heavy (non-hydrogen) atoms. The van der Waals surface area contributed by atoms with E-state index in [1.165, 1.54) is 12.8 Å². The van der Waals surface area contributed by atoms with Crippen molar-refractivity contribution >= 4 is 22.3 Å². The number of thiazole rings is 1. The zero-order chi connectivity index (χ0) is 15.1. The summed E-state index contributed by atoms with van der Waals surface area (Å²) in [6.45, 7) is 8.99. The van der Waals surface area contributed by atoms with E-state index in [1.807, 2.05) is 22.2 Å². The summed E-state index contributed by atoms with van der Waals surface area (Å²) in [5.41, 5.74) is 1.00. The maximum absolute atomic E-state index is 4.62. The predicted octanol–water partition coefficient (Wildman–Crippen LogP) is 2.89. The molecule has 0 aliphatic carbocycles. The number of nitrogens with one attached hydrogen (secondary N) is 2. The summed E-state index contributed by atoms with van der Waals surface area (Å²) in [7, 11) is 0. The van der Waals surface area contributed by atoms with E-state index in [0.29, 0.717) is 12.5 Å². The summed E-state index contributed by atoms with van der Waals surface area (Å²) in [5, 5.41) is 8.76. The molecule has 0 spiro atoms. The van der Waals surface area contributed by atoms with Crippen molar-refractivity contribution in [3.05, 3.63) is 23.5 Å². The summed E-state index contributed by atoms with van der Waals surface area (Å²) in [4.78, 5) is 10.2. The van der Waals surface area contributed by atoms with E-state index in [0.717, 1.165) is 29.7 Å². The first-order valence-corrected chi connectivity index (χ1v) is 8.58. The Hall–Kier alpha value is -1.56. The molecule has 0 unspecified atom stereocenters. The Bertz CT molecular complexity index is 539. The van der Waals surface area contributed by atoms with Gasteiger partial charge < -0.3 is 10.6 Å². The van der Waals surface area contributed by atoms with Crippen LogP contribution >= 0.6 is 11.3 Å². The number of rotatable bonds is 7. The Morgan fingerprint density at radius 3 is 2.81 bits per heavy atom. The zero-order valence-corrected chi connectivity index (χ0v) is 13.9. The van der Waals surface area contributed by atoms with E-state index in [-0.39, 0.29) is 0 Å². The summed E-state index contributed by atoms with van der Waals surface area (Å²) >= 11 is 1.64. The first-order valence-electron chi connectivity index (χ1n) is 7.70. The maximum Gasteiger partial charge on any atom is 0.193 e. The fourth-order valence-electron chi connectivity index (χ4n) is 2.17. The van der Waals surface area contributed by atoms with E-state index in [2.05, 4.69) is 41.4 Å². The molecule has 5 nitrogen and oxygen atoms in total. The lowest BCUT2D eigenvalue weighted by atomic mass is 10.0. The number of hydrogen-bond acceptors (Lipinski definition) is 3. The average molecular weight is 307 g/mol. The van der Waals surface area contributed by atoms with Crippen molar-refractivity contribution in [1.29, 1.82) is 0 Å². The minimum atomic E-state index is 0.604. The molecule has 0 saturated carbocycles. The van der Waals surface area contributed by atoms with Gasteiger partial charge in [0.1, 0.15) is 0 Å². The molecule has 0 radical (unpaired) electrons. The summed E-state index contributed by atoms with van der Waals surface area (Å²) in [5.74, 6) is 1.58. The third kappa shape index (κ3) is 4.46. The van der Waals surface area contributed by atoms with Crippen LogP contribution in [0, 0.1) is 5.92 Å². The highest BCUT2D eigenvalue weighted by Gasteiger charge is 2.06. The Balaban J connectivity index is 1.94. The number of nitrogens with zero attached hydrogens (tertiary/aromatic N) is 3. The van der Waals surface area contributed by atoms with E-state index in [1.54, 1.807) is 11.3 Å². The van der Waals surface area contributed by atoms with Crippen LogP contribution in [0.4, 0.5) is 0 Å². The quantitative estimate of drug-likeness (QED) is 0.611. The zero-order valence-electron chi connectivity index (χ0n) is 13.1. The Labute approximate surface area is 130 Å². The smallest absolute Gasteiger partial charge is 0.193 e. The van der Waals surface area contributed by atoms with Crippen molar-refractivity contribution in [3.63, 3.8) is 0 Å². The van der Waals surface area contributed by atoms with Crippen LogP contribution in [0.3, 0.4) is 0 Å². The molecule has 2 heterocycles. The fourth-order valence-corrected chi connectivity index (χ4v) is 2.89. The molecule has 0 aliphatic rings. The van der Waals surface area contributed by atoms with Crippen molar-refractivity contribution in [2.24, 2.45) is 10.9 Å². The first kappa shape index (κ1) is 15.8. The normalized spacial score (nSPS) is 12.3. The van der Waals surface area contributed by atoms with Gasteiger partial charge in [-0.1, -0.05) is 26.7 Å². The number of imidazole rings is 1. The Morgan fingerprint density at radius 1 is 1.33 bits per heavy atom. The van der Waals surface area contributed by atoms with Gasteiger partial charge in [-0.2, -0.15) is 0 Å². The molecule has 2 aromatic heterocycles. The lowest BCUT2D eigenvalue weighted by molar-refractivity contribution is 0.481. The van der Waals surface area contributed by atoms with Gasteiger partial charge in [-0.3, -0.25) is 4.40 Å². The van der Waals surface area contributed by atoms with Crippen molar-refractivity contribution in [1.82, 2.24) is 20.0 Å². The molecular formula is C15H25N5S. The van der Waals surface area contributed by atoms with Crippen molar-refractivity contribution in [2.45, 2.75) is 40.2 Å². The molecule has 2 rings (SSSR count). The molecule has 116 valence electrons. The van der Waals surface area contributed by atoms with Gasteiger partial charge in [0.15, 0.2) is 10.9 Å². The minimum Gasteiger partial charge on any atom is -0.357 e. The molecule has 0 aromatic carbocycles. The average Bonchev–Trinajstić information content (AvgIpc) is 3.06. The third-order valence-corrected chi connectivity index (χ3v) is 4.37. The van der Waals surface area contributed by atoms with Crippen molar-refractivity contribution in [3.8, 4) is 0 Å². The minimum absolute atomic E-state index is 0.604. The lowest BCUT2D eigenvalue weighted by Gasteiger charge is -2.16. The number of fused-ring (bicyclic) bond motifs is 1. The highest BCUT2D eigenvalue weighted by atomic mass is 32.1. The molecule has 2 N–H and O–H groups in total. The fraction of sp³-hybridized carbons (Fsp3) is 0.600. The monoisotopic (exact) mass is 307 g/mol. The molecule has 6 heteroatoms. The molecule has 0 bridgehead atoms. The topological polar surface area (TPSA) is 53.7 Å². The number of guanidine groups is 1. The Morgan fingerprint density at radius 2 is 2.14 bits per heavy atom. The molecule has 0 saturated heterocycles. The highest BCUT2D eigenvalue weighted by Crippen LogP contribution is 2.11. The standard InChI is InChI=1S/C15H25N5S/c1-4-12(5-2)9-17-14(16-6-3)18-10-13-11-20-7-8-21-15(20)19-13/h7-8,11-12H,4-6,9-10H2,1-3H3,(H2,16,17,18). The van der Waals surface area contributed by atoms with Gasteiger partial charge in [0, 0.05) is 30.9 Å². The van der Waals surface area contributed by atoms with Gasteiger partial charge in [0.05, 0.1) is 12.2 Å². The van der Waals surface area contributed by atoms with Gasteiger partial charge in [-0.15, -0.1) is 11.3 Å². The van der Waals surface area contributed by atoms with Crippen molar-refractivity contribution in [2.75, 3.05) is 13.1 Å². The highest BCUT2D eigenvalue weighted by molar-refractivity contribution is 7.15. The summed E-state index contributed by atoms with van der Waals surface area (Å²) in [6.07, 6.45) is 6.46. The molecule has 0 amide bonds. The van der Waals surface area contributed by atoms with Crippen molar-refractivity contribution < 1.29 is 0 Å². The Kier molecular flexibility index (Phi) is 6.04. The molecule has 0 atom stereocenters. The number of hydrogen-bond donors (Lipinski definition) is 2. The van der Waals surface area contributed by atoms with Crippen LogP contribution in [-0.2, 0) is 6.54 Å². The van der Waals surface area contributed by atoms with Gasteiger partial charge >= 0.3 is 0 Å².